The van der Waals surface area contributed by atoms with Crippen molar-refractivity contribution in [2.45, 2.75) is 4.90 Å². The molecule has 0 atom stereocenters. The molecule has 0 aliphatic rings. The largest absolute Gasteiger partial charge is 0.277 e. The van der Waals surface area contributed by atoms with E-state index in [1.54, 1.807) is 0 Å². The van der Waals surface area contributed by atoms with Crippen molar-refractivity contribution in [3.05, 3.63) is 59.9 Å². The normalized spacial score (nSPS) is 11.3. The number of anilines is 1. The lowest BCUT2D eigenvalue weighted by Gasteiger charge is -2.09. The summed E-state index contributed by atoms with van der Waals surface area (Å²) in [7, 11) is -4.31. The van der Waals surface area contributed by atoms with Gasteiger partial charge in [0.25, 0.3) is 10.0 Å². The molecule has 0 unspecified atom stereocenters. The molecule has 0 aromatic heterocycles. The first-order valence-corrected chi connectivity index (χ1v) is 6.61. The Kier molecular flexibility index (Phi) is 3.48. The maximum atomic E-state index is 13.4. The quantitative estimate of drug-likeness (QED) is 0.943. The number of hydrogen-bond donors (Lipinski definition) is 1. The minimum absolute atomic E-state index is 0.314. The third kappa shape index (κ3) is 2.87. The van der Waals surface area contributed by atoms with Gasteiger partial charge in [-0.25, -0.2) is 21.6 Å². The predicted octanol–water partition coefficient (Wildman–Crippen LogP) is 2.90. The van der Waals surface area contributed by atoms with Gasteiger partial charge in [0.1, 0.15) is 22.3 Å². The lowest BCUT2D eigenvalue weighted by Crippen LogP contribution is -2.15. The molecule has 2 rings (SSSR count). The molecule has 0 saturated heterocycles. The van der Waals surface area contributed by atoms with Crippen molar-refractivity contribution in [1.29, 1.82) is 0 Å². The highest BCUT2D eigenvalue weighted by molar-refractivity contribution is 7.92. The Morgan fingerprint density at radius 3 is 2.21 bits per heavy atom. The van der Waals surface area contributed by atoms with E-state index in [2.05, 4.69) is 0 Å². The molecule has 0 fully saturated rings. The number of halogens is 3. The Hall–Kier alpha value is -2.02. The number of sulfonamides is 1. The topological polar surface area (TPSA) is 46.2 Å². The van der Waals surface area contributed by atoms with Gasteiger partial charge in [-0.15, -0.1) is 0 Å². The van der Waals surface area contributed by atoms with E-state index in [9.17, 15) is 21.6 Å². The number of para-hydroxylation sites is 1. The van der Waals surface area contributed by atoms with Crippen LogP contribution in [0, 0.1) is 17.5 Å². The molecule has 2 aromatic carbocycles. The maximum Gasteiger partial charge on any atom is 0.264 e. The van der Waals surface area contributed by atoms with E-state index in [1.165, 1.54) is 18.2 Å². The molecule has 0 heterocycles. The van der Waals surface area contributed by atoms with Crippen molar-refractivity contribution in [1.82, 2.24) is 0 Å². The molecule has 0 bridgehead atoms. The van der Waals surface area contributed by atoms with Gasteiger partial charge < -0.3 is 0 Å². The van der Waals surface area contributed by atoms with Crippen molar-refractivity contribution >= 4 is 15.7 Å². The maximum absolute atomic E-state index is 13.4. The van der Waals surface area contributed by atoms with Crippen LogP contribution in [-0.4, -0.2) is 8.42 Å². The average molecular weight is 287 g/mol. The van der Waals surface area contributed by atoms with Crippen molar-refractivity contribution in [3.63, 3.8) is 0 Å². The molecular weight excluding hydrogens is 279 g/mol. The van der Waals surface area contributed by atoms with Crippen LogP contribution in [0.2, 0.25) is 0 Å². The van der Waals surface area contributed by atoms with Gasteiger partial charge in [-0.05, 0) is 24.3 Å². The number of nitrogens with one attached hydrogen (secondary N) is 1. The summed E-state index contributed by atoms with van der Waals surface area (Å²) in [6.07, 6.45) is 0. The highest BCUT2D eigenvalue weighted by atomic mass is 32.2. The molecule has 0 spiro atoms. The Morgan fingerprint density at radius 1 is 0.895 bits per heavy atom. The Morgan fingerprint density at radius 2 is 1.58 bits per heavy atom. The Labute approximate surface area is 107 Å². The lowest BCUT2D eigenvalue weighted by atomic mass is 10.3. The molecule has 19 heavy (non-hydrogen) atoms. The lowest BCUT2D eigenvalue weighted by molar-refractivity contribution is 0.550. The number of rotatable bonds is 3. The van der Waals surface area contributed by atoms with Gasteiger partial charge in [0.15, 0.2) is 0 Å². The van der Waals surface area contributed by atoms with E-state index in [0.717, 1.165) is 18.2 Å². The van der Waals surface area contributed by atoms with Crippen molar-refractivity contribution in [2.24, 2.45) is 0 Å². The molecule has 1 N–H and O–H groups in total. The summed E-state index contributed by atoms with van der Waals surface area (Å²) in [5.41, 5.74) is -0.314. The van der Waals surface area contributed by atoms with Crippen molar-refractivity contribution in [2.75, 3.05) is 4.72 Å². The van der Waals surface area contributed by atoms with Crippen LogP contribution < -0.4 is 4.72 Å². The zero-order valence-electron chi connectivity index (χ0n) is 9.40. The first-order valence-electron chi connectivity index (χ1n) is 5.12. The smallest absolute Gasteiger partial charge is 0.264 e. The van der Waals surface area contributed by atoms with Crippen LogP contribution >= 0.6 is 0 Å². The van der Waals surface area contributed by atoms with Crippen LogP contribution in [0.4, 0.5) is 18.9 Å². The van der Waals surface area contributed by atoms with Crippen LogP contribution in [0.3, 0.4) is 0 Å². The van der Waals surface area contributed by atoms with E-state index in [0.29, 0.717) is 6.07 Å². The molecule has 100 valence electrons. The fourth-order valence-corrected chi connectivity index (χ4v) is 2.56. The summed E-state index contributed by atoms with van der Waals surface area (Å²) in [6.45, 7) is 0. The van der Waals surface area contributed by atoms with Gasteiger partial charge in [-0.1, -0.05) is 12.1 Å². The first kappa shape index (κ1) is 13.4. The third-order valence-electron chi connectivity index (χ3n) is 2.30. The van der Waals surface area contributed by atoms with Gasteiger partial charge >= 0.3 is 0 Å². The second-order valence-electron chi connectivity index (χ2n) is 3.66. The van der Waals surface area contributed by atoms with Gasteiger partial charge in [0, 0.05) is 6.07 Å². The second kappa shape index (κ2) is 4.93. The SMILES string of the molecule is O=S(=O)(Nc1ccccc1F)c1ccc(F)cc1F. The van der Waals surface area contributed by atoms with E-state index in [4.69, 9.17) is 0 Å². The molecule has 0 aliphatic heterocycles. The van der Waals surface area contributed by atoms with Crippen LogP contribution in [0.25, 0.3) is 0 Å². The molecule has 0 radical (unpaired) electrons. The summed E-state index contributed by atoms with van der Waals surface area (Å²) < 4.78 is 65.0. The Balaban J connectivity index is 2.41. The van der Waals surface area contributed by atoms with Crippen LogP contribution in [0.5, 0.6) is 0 Å². The minimum atomic E-state index is -4.31. The molecule has 0 amide bonds. The fourth-order valence-electron chi connectivity index (χ4n) is 1.44. The molecule has 0 saturated carbocycles. The zero-order chi connectivity index (χ0) is 14.0. The van der Waals surface area contributed by atoms with Crippen molar-refractivity contribution < 1.29 is 21.6 Å². The van der Waals surface area contributed by atoms with E-state index in [-0.39, 0.29) is 5.69 Å². The van der Waals surface area contributed by atoms with Crippen molar-refractivity contribution in [3.8, 4) is 0 Å². The fraction of sp³-hybridized carbons (Fsp3) is 0. The first-order chi connectivity index (χ1) is 8.90. The van der Waals surface area contributed by atoms with Crippen LogP contribution in [0.1, 0.15) is 0 Å². The van der Waals surface area contributed by atoms with Gasteiger partial charge in [0.2, 0.25) is 0 Å². The Bertz CT molecular complexity index is 717. The van der Waals surface area contributed by atoms with E-state index < -0.39 is 32.4 Å². The van der Waals surface area contributed by atoms with Crippen LogP contribution in [-0.2, 0) is 10.0 Å². The third-order valence-corrected chi connectivity index (χ3v) is 3.70. The van der Waals surface area contributed by atoms with Gasteiger partial charge in [-0.3, -0.25) is 4.72 Å². The summed E-state index contributed by atoms with van der Waals surface area (Å²) in [4.78, 5) is -0.753. The summed E-state index contributed by atoms with van der Waals surface area (Å²) in [6, 6.07) is 7.06. The summed E-state index contributed by atoms with van der Waals surface area (Å²) >= 11 is 0. The highest BCUT2D eigenvalue weighted by Gasteiger charge is 2.20. The standard InChI is InChI=1S/C12H8F3NO2S/c13-8-5-6-12(10(15)7-8)19(17,18)16-11-4-2-1-3-9(11)14/h1-7,16H. The molecule has 7 heteroatoms. The van der Waals surface area contributed by atoms with E-state index >= 15 is 0 Å². The predicted molar refractivity (Wildman–Crippen MR) is 63.6 cm³/mol. The van der Waals surface area contributed by atoms with E-state index in [1.807, 2.05) is 4.72 Å². The van der Waals surface area contributed by atoms with Gasteiger partial charge in [0.05, 0.1) is 5.69 Å². The minimum Gasteiger partial charge on any atom is -0.277 e. The number of benzene rings is 2. The second-order valence-corrected chi connectivity index (χ2v) is 5.31. The number of hydrogen-bond acceptors (Lipinski definition) is 2. The zero-order valence-corrected chi connectivity index (χ0v) is 10.2. The van der Waals surface area contributed by atoms with Gasteiger partial charge in [-0.2, -0.15) is 0 Å². The summed E-state index contributed by atoms with van der Waals surface area (Å²) in [5.74, 6) is -2.94. The summed E-state index contributed by atoms with van der Waals surface area (Å²) in [5, 5.41) is 0. The molecule has 0 aliphatic carbocycles. The molecular formula is C12H8F3NO2S. The van der Waals surface area contributed by atoms with Crippen LogP contribution in [0.15, 0.2) is 47.4 Å². The molecule has 2 aromatic rings. The molecule has 3 nitrogen and oxygen atoms in total. The monoisotopic (exact) mass is 287 g/mol. The average Bonchev–Trinajstić information content (AvgIpc) is 2.31. The highest BCUT2D eigenvalue weighted by Crippen LogP contribution is 2.21.